The van der Waals surface area contributed by atoms with Crippen LogP contribution in [0.25, 0.3) is 16.0 Å². The second kappa shape index (κ2) is 6.26. The number of carbonyl (C=O) groups is 2. The summed E-state index contributed by atoms with van der Waals surface area (Å²) >= 11 is 1.49. The van der Waals surface area contributed by atoms with Gasteiger partial charge in [0, 0.05) is 16.6 Å². The van der Waals surface area contributed by atoms with E-state index in [1.54, 1.807) is 7.11 Å². The van der Waals surface area contributed by atoms with Crippen LogP contribution >= 0.6 is 11.3 Å². The van der Waals surface area contributed by atoms with Gasteiger partial charge >= 0.3 is 5.97 Å². The van der Waals surface area contributed by atoms with Crippen LogP contribution in [-0.2, 0) is 16.0 Å². The maximum absolute atomic E-state index is 11.6. The topological polar surface area (TPSA) is 57.0 Å². The molecule has 0 spiro atoms. The van der Waals surface area contributed by atoms with E-state index < -0.39 is 0 Å². The normalized spacial score (nSPS) is 10.7. The lowest BCUT2D eigenvalue weighted by atomic mass is 10.1. The van der Waals surface area contributed by atoms with Gasteiger partial charge < -0.3 is 13.9 Å². The highest BCUT2D eigenvalue weighted by molar-refractivity contribution is 7.15. The first-order valence-corrected chi connectivity index (χ1v) is 7.84. The van der Waals surface area contributed by atoms with Gasteiger partial charge in [0.05, 0.1) is 26.3 Å². The van der Waals surface area contributed by atoms with E-state index in [4.69, 9.17) is 9.47 Å². The molecular formula is C17H15NO4S. The summed E-state index contributed by atoms with van der Waals surface area (Å²) in [7, 11) is 2.96. The molecule has 0 amide bonds. The molecule has 0 saturated heterocycles. The van der Waals surface area contributed by atoms with Gasteiger partial charge in [-0.1, -0.05) is 12.1 Å². The van der Waals surface area contributed by atoms with Gasteiger partial charge in [-0.05, 0) is 23.8 Å². The number of ether oxygens (including phenoxy) is 2. The number of esters is 1. The molecule has 0 aliphatic carbocycles. The van der Waals surface area contributed by atoms with Gasteiger partial charge in [-0.2, -0.15) is 0 Å². The molecule has 3 rings (SSSR count). The maximum Gasteiger partial charge on any atom is 0.311 e. The number of nitrogens with zero attached hydrogens (tertiary/aromatic N) is 1. The summed E-state index contributed by atoms with van der Waals surface area (Å²) in [5, 5.41) is 1.87. The van der Waals surface area contributed by atoms with Crippen LogP contribution in [0.3, 0.4) is 0 Å². The Balaban J connectivity index is 2.10. The monoisotopic (exact) mass is 329 g/mol. The predicted octanol–water partition coefficient (Wildman–Crippen LogP) is 3.20. The third-order valence-corrected chi connectivity index (χ3v) is 4.61. The maximum atomic E-state index is 11.6. The lowest BCUT2D eigenvalue weighted by molar-refractivity contribution is -0.139. The summed E-state index contributed by atoms with van der Waals surface area (Å²) in [6.45, 7) is 0. The van der Waals surface area contributed by atoms with Gasteiger partial charge in [0.15, 0.2) is 6.29 Å². The smallest absolute Gasteiger partial charge is 0.311 e. The minimum absolute atomic E-state index is 0.133. The number of methoxy groups -OCH3 is 2. The van der Waals surface area contributed by atoms with Crippen LogP contribution in [0.1, 0.15) is 16.2 Å². The Hall–Kier alpha value is -2.60. The van der Waals surface area contributed by atoms with Gasteiger partial charge in [0.2, 0.25) is 0 Å². The Labute approximate surface area is 137 Å². The third kappa shape index (κ3) is 2.73. The molecule has 23 heavy (non-hydrogen) atoms. The average Bonchev–Trinajstić information content (AvgIpc) is 3.14. The van der Waals surface area contributed by atoms with Crippen LogP contribution in [0, 0.1) is 0 Å². The minimum atomic E-state index is -0.332. The van der Waals surface area contributed by atoms with Crippen molar-refractivity contribution < 1.29 is 19.1 Å². The first-order chi connectivity index (χ1) is 11.2. The highest BCUT2D eigenvalue weighted by Crippen LogP contribution is 2.32. The zero-order chi connectivity index (χ0) is 16.4. The SMILES string of the molecule is COC(=O)Cc1csc2cc(-c3ccc(OC)cc3)c(C=O)n12. The van der Waals surface area contributed by atoms with Crippen molar-refractivity contribution in [3.63, 3.8) is 0 Å². The zero-order valence-corrected chi connectivity index (χ0v) is 13.6. The summed E-state index contributed by atoms with van der Waals surface area (Å²) in [6, 6.07) is 9.48. The number of rotatable bonds is 5. The Morgan fingerprint density at radius 1 is 1.26 bits per heavy atom. The molecular weight excluding hydrogens is 314 g/mol. The second-order valence-corrected chi connectivity index (χ2v) is 5.83. The number of hydrogen-bond acceptors (Lipinski definition) is 5. The molecule has 0 bridgehead atoms. The van der Waals surface area contributed by atoms with E-state index in [1.165, 1.54) is 18.4 Å². The van der Waals surface area contributed by atoms with Crippen LogP contribution in [0.15, 0.2) is 35.7 Å². The fraction of sp³-hybridized carbons (Fsp3) is 0.176. The second-order valence-electron chi connectivity index (χ2n) is 4.94. The zero-order valence-electron chi connectivity index (χ0n) is 12.7. The Bertz CT molecular complexity index is 861. The number of carbonyl (C=O) groups excluding carboxylic acids is 2. The van der Waals surface area contributed by atoms with E-state index in [0.717, 1.165) is 33.7 Å². The van der Waals surface area contributed by atoms with Gasteiger partial charge in [-0.15, -0.1) is 11.3 Å². The first kappa shape index (κ1) is 15.3. The van der Waals surface area contributed by atoms with Crippen LogP contribution in [0.5, 0.6) is 5.75 Å². The van der Waals surface area contributed by atoms with Crippen molar-refractivity contribution in [1.29, 1.82) is 0 Å². The van der Waals surface area contributed by atoms with E-state index in [2.05, 4.69) is 0 Å². The fourth-order valence-electron chi connectivity index (χ4n) is 2.52. The van der Waals surface area contributed by atoms with Gasteiger partial charge in [0.25, 0.3) is 0 Å². The van der Waals surface area contributed by atoms with Crippen molar-refractivity contribution >= 4 is 28.4 Å². The predicted molar refractivity (Wildman–Crippen MR) is 88.4 cm³/mol. The molecule has 118 valence electrons. The molecule has 1 aromatic carbocycles. The van der Waals surface area contributed by atoms with Crippen LogP contribution in [-0.4, -0.2) is 30.9 Å². The van der Waals surface area contributed by atoms with Crippen molar-refractivity contribution in [1.82, 2.24) is 4.40 Å². The quantitative estimate of drug-likeness (QED) is 0.533. The molecule has 5 nitrogen and oxygen atoms in total. The fourth-order valence-corrected chi connectivity index (χ4v) is 3.48. The van der Waals surface area contributed by atoms with Crippen molar-refractivity contribution in [2.24, 2.45) is 0 Å². The number of aromatic nitrogens is 1. The standard InChI is InChI=1S/C17H15NO4S/c1-21-13-5-3-11(4-6-13)14-8-16-18(15(14)9-19)12(10-23-16)7-17(20)22-2/h3-6,8-10H,7H2,1-2H3. The average molecular weight is 329 g/mol. The highest BCUT2D eigenvalue weighted by Gasteiger charge is 2.17. The van der Waals surface area contributed by atoms with E-state index in [-0.39, 0.29) is 12.4 Å². The van der Waals surface area contributed by atoms with Gasteiger partial charge in [0.1, 0.15) is 10.6 Å². The molecule has 2 heterocycles. The van der Waals surface area contributed by atoms with Crippen molar-refractivity contribution in [3.8, 4) is 16.9 Å². The van der Waals surface area contributed by atoms with E-state index >= 15 is 0 Å². The van der Waals surface area contributed by atoms with E-state index in [0.29, 0.717) is 5.69 Å². The summed E-state index contributed by atoms with van der Waals surface area (Å²) in [4.78, 5) is 24.1. The number of thiazole rings is 1. The largest absolute Gasteiger partial charge is 0.497 e. The summed E-state index contributed by atoms with van der Waals surface area (Å²) in [5.74, 6) is 0.426. The van der Waals surface area contributed by atoms with Gasteiger partial charge in [-0.25, -0.2) is 0 Å². The van der Waals surface area contributed by atoms with Crippen molar-refractivity contribution in [2.75, 3.05) is 14.2 Å². The lowest BCUT2D eigenvalue weighted by Gasteiger charge is -2.04. The molecule has 0 radical (unpaired) electrons. The Morgan fingerprint density at radius 3 is 2.61 bits per heavy atom. The molecule has 3 aromatic rings. The molecule has 2 aromatic heterocycles. The number of benzene rings is 1. The molecule has 0 saturated carbocycles. The molecule has 6 heteroatoms. The molecule has 0 N–H and O–H groups in total. The summed E-state index contributed by atoms with van der Waals surface area (Å²) < 4.78 is 11.7. The molecule has 0 aliphatic rings. The third-order valence-electron chi connectivity index (χ3n) is 3.67. The highest BCUT2D eigenvalue weighted by atomic mass is 32.1. The van der Waals surface area contributed by atoms with E-state index in [1.807, 2.05) is 40.1 Å². The first-order valence-electron chi connectivity index (χ1n) is 6.96. The van der Waals surface area contributed by atoms with E-state index in [9.17, 15) is 9.59 Å². The van der Waals surface area contributed by atoms with Crippen molar-refractivity contribution in [3.05, 3.63) is 47.1 Å². The van der Waals surface area contributed by atoms with Crippen LogP contribution in [0.4, 0.5) is 0 Å². The number of aldehydes is 1. The molecule has 0 aliphatic heterocycles. The number of hydrogen-bond donors (Lipinski definition) is 0. The number of fused-ring (bicyclic) bond motifs is 1. The summed E-state index contributed by atoms with van der Waals surface area (Å²) in [6.07, 6.45) is 0.953. The molecule has 0 atom stereocenters. The van der Waals surface area contributed by atoms with Crippen LogP contribution < -0.4 is 4.74 Å². The van der Waals surface area contributed by atoms with Crippen molar-refractivity contribution in [2.45, 2.75) is 6.42 Å². The minimum Gasteiger partial charge on any atom is -0.497 e. The Kier molecular flexibility index (Phi) is 4.16. The Morgan fingerprint density at radius 2 is 2.00 bits per heavy atom. The van der Waals surface area contributed by atoms with Gasteiger partial charge in [-0.3, -0.25) is 9.59 Å². The lowest BCUT2D eigenvalue weighted by Crippen LogP contribution is -2.07. The van der Waals surface area contributed by atoms with Crippen LogP contribution in [0.2, 0.25) is 0 Å². The molecule has 0 fully saturated rings. The molecule has 0 unspecified atom stereocenters. The summed E-state index contributed by atoms with van der Waals surface area (Å²) in [5.41, 5.74) is 3.04.